The fourth-order valence-electron chi connectivity index (χ4n) is 1.34. The summed E-state index contributed by atoms with van der Waals surface area (Å²) in [5, 5.41) is 11.4. The predicted molar refractivity (Wildman–Crippen MR) is 64.4 cm³/mol. The number of ether oxygens (including phenoxy) is 1. The SMILES string of the molecule is CCCCCCOC(=O)C(O)c1cccs1. The highest BCUT2D eigenvalue weighted by atomic mass is 32.1. The summed E-state index contributed by atoms with van der Waals surface area (Å²) in [5.41, 5.74) is 0. The molecule has 0 aliphatic heterocycles. The molecule has 0 saturated heterocycles. The van der Waals surface area contributed by atoms with Crippen molar-refractivity contribution in [3.8, 4) is 0 Å². The Kier molecular flexibility index (Phi) is 6.11. The number of aliphatic hydroxyl groups is 1. The van der Waals surface area contributed by atoms with Gasteiger partial charge in [0.1, 0.15) is 0 Å². The van der Waals surface area contributed by atoms with Gasteiger partial charge in [-0.15, -0.1) is 11.3 Å². The summed E-state index contributed by atoms with van der Waals surface area (Å²) in [4.78, 5) is 12.0. The minimum Gasteiger partial charge on any atom is -0.463 e. The van der Waals surface area contributed by atoms with Gasteiger partial charge in [0.25, 0.3) is 0 Å². The van der Waals surface area contributed by atoms with Crippen LogP contribution in [0.1, 0.15) is 43.6 Å². The predicted octanol–water partition coefficient (Wildman–Crippen LogP) is 2.91. The van der Waals surface area contributed by atoms with Crippen molar-refractivity contribution in [2.24, 2.45) is 0 Å². The minimum atomic E-state index is -1.12. The van der Waals surface area contributed by atoms with Gasteiger partial charge in [0, 0.05) is 4.88 Å². The van der Waals surface area contributed by atoms with Crippen LogP contribution in [-0.2, 0) is 9.53 Å². The lowest BCUT2D eigenvalue weighted by Gasteiger charge is -2.08. The van der Waals surface area contributed by atoms with E-state index in [1.54, 1.807) is 12.1 Å². The van der Waals surface area contributed by atoms with Crippen molar-refractivity contribution in [1.82, 2.24) is 0 Å². The summed E-state index contributed by atoms with van der Waals surface area (Å²) < 4.78 is 4.99. The maximum absolute atomic E-state index is 11.4. The monoisotopic (exact) mass is 242 g/mol. The van der Waals surface area contributed by atoms with Gasteiger partial charge in [-0.2, -0.15) is 0 Å². The molecule has 1 N–H and O–H groups in total. The van der Waals surface area contributed by atoms with E-state index in [2.05, 4.69) is 6.92 Å². The van der Waals surface area contributed by atoms with E-state index in [0.717, 1.165) is 25.7 Å². The summed E-state index contributed by atoms with van der Waals surface area (Å²) in [5.74, 6) is -0.543. The van der Waals surface area contributed by atoms with Crippen LogP contribution in [0.15, 0.2) is 17.5 Å². The van der Waals surface area contributed by atoms with Crippen molar-refractivity contribution < 1.29 is 14.6 Å². The molecule has 0 spiro atoms. The molecule has 1 heterocycles. The van der Waals surface area contributed by atoms with Gasteiger partial charge in [-0.3, -0.25) is 0 Å². The van der Waals surface area contributed by atoms with E-state index >= 15 is 0 Å². The molecule has 0 saturated carbocycles. The van der Waals surface area contributed by atoms with Crippen molar-refractivity contribution in [3.63, 3.8) is 0 Å². The van der Waals surface area contributed by atoms with Crippen molar-refractivity contribution in [2.45, 2.75) is 38.7 Å². The standard InChI is InChI=1S/C12H18O3S/c1-2-3-4-5-8-15-12(14)11(13)10-7-6-9-16-10/h6-7,9,11,13H,2-5,8H2,1H3. The summed E-state index contributed by atoms with van der Waals surface area (Å²) in [6, 6.07) is 3.53. The van der Waals surface area contributed by atoms with E-state index in [4.69, 9.17) is 4.74 Å². The van der Waals surface area contributed by atoms with Gasteiger partial charge >= 0.3 is 5.97 Å². The number of hydrogen-bond acceptors (Lipinski definition) is 4. The Morgan fingerprint density at radius 2 is 2.31 bits per heavy atom. The number of rotatable bonds is 7. The van der Waals surface area contributed by atoms with Gasteiger partial charge in [0.05, 0.1) is 6.61 Å². The molecule has 0 aliphatic rings. The molecule has 1 unspecified atom stereocenters. The second-order valence-corrected chi connectivity index (χ2v) is 4.63. The topological polar surface area (TPSA) is 46.5 Å². The number of thiophene rings is 1. The Hall–Kier alpha value is -0.870. The van der Waals surface area contributed by atoms with Crippen molar-refractivity contribution in [2.75, 3.05) is 6.61 Å². The number of carbonyl (C=O) groups is 1. The third-order valence-electron chi connectivity index (χ3n) is 2.28. The smallest absolute Gasteiger partial charge is 0.340 e. The lowest BCUT2D eigenvalue weighted by Crippen LogP contribution is -2.15. The quantitative estimate of drug-likeness (QED) is 0.590. The minimum absolute atomic E-state index is 0.404. The first-order valence-corrected chi connectivity index (χ1v) is 6.51. The molecule has 0 aromatic carbocycles. The molecule has 0 amide bonds. The molecule has 0 fully saturated rings. The van der Waals surface area contributed by atoms with Crippen LogP contribution in [0.4, 0.5) is 0 Å². The molecule has 3 nitrogen and oxygen atoms in total. The third kappa shape index (κ3) is 4.33. The highest BCUT2D eigenvalue weighted by molar-refractivity contribution is 7.10. The van der Waals surface area contributed by atoms with Gasteiger partial charge in [-0.1, -0.05) is 32.3 Å². The second kappa shape index (κ2) is 7.41. The first kappa shape index (κ1) is 13.2. The molecule has 0 radical (unpaired) electrons. The van der Waals surface area contributed by atoms with E-state index in [0.29, 0.717) is 11.5 Å². The molecule has 16 heavy (non-hydrogen) atoms. The number of carbonyl (C=O) groups excluding carboxylic acids is 1. The molecule has 4 heteroatoms. The number of unbranched alkanes of at least 4 members (excludes halogenated alkanes) is 3. The third-order valence-corrected chi connectivity index (χ3v) is 3.20. The van der Waals surface area contributed by atoms with Crippen molar-refractivity contribution in [3.05, 3.63) is 22.4 Å². The molecule has 1 rings (SSSR count). The zero-order chi connectivity index (χ0) is 11.8. The fourth-order valence-corrected chi connectivity index (χ4v) is 2.04. The molecule has 0 bridgehead atoms. The Morgan fingerprint density at radius 3 is 2.94 bits per heavy atom. The Balaban J connectivity index is 2.20. The van der Waals surface area contributed by atoms with Gasteiger partial charge < -0.3 is 9.84 Å². The largest absolute Gasteiger partial charge is 0.463 e. The zero-order valence-corrected chi connectivity index (χ0v) is 10.3. The zero-order valence-electron chi connectivity index (χ0n) is 9.52. The Bertz CT molecular complexity index is 295. The molecule has 90 valence electrons. The van der Waals surface area contributed by atoms with E-state index in [-0.39, 0.29) is 0 Å². The van der Waals surface area contributed by atoms with Gasteiger partial charge in [0.2, 0.25) is 0 Å². The maximum Gasteiger partial charge on any atom is 0.340 e. The van der Waals surface area contributed by atoms with Crippen LogP contribution in [0.2, 0.25) is 0 Å². The molecule has 0 aliphatic carbocycles. The number of aliphatic hydroxyl groups excluding tert-OH is 1. The molecule has 1 aromatic heterocycles. The van der Waals surface area contributed by atoms with E-state index < -0.39 is 12.1 Å². The Labute approximate surface area is 100 Å². The first-order chi connectivity index (χ1) is 7.75. The summed E-state index contributed by atoms with van der Waals surface area (Å²) in [7, 11) is 0. The molecular weight excluding hydrogens is 224 g/mol. The Morgan fingerprint density at radius 1 is 1.50 bits per heavy atom. The molecule has 1 aromatic rings. The van der Waals surface area contributed by atoms with Gasteiger partial charge in [-0.25, -0.2) is 4.79 Å². The second-order valence-electron chi connectivity index (χ2n) is 3.65. The van der Waals surface area contributed by atoms with E-state index in [9.17, 15) is 9.90 Å². The summed E-state index contributed by atoms with van der Waals surface area (Å²) >= 11 is 1.36. The van der Waals surface area contributed by atoms with Crippen LogP contribution in [0.3, 0.4) is 0 Å². The average molecular weight is 242 g/mol. The van der Waals surface area contributed by atoms with E-state index in [1.165, 1.54) is 11.3 Å². The highest BCUT2D eigenvalue weighted by Gasteiger charge is 2.19. The molecular formula is C12H18O3S. The van der Waals surface area contributed by atoms with Gasteiger partial charge in [-0.05, 0) is 17.9 Å². The maximum atomic E-state index is 11.4. The number of hydrogen-bond donors (Lipinski definition) is 1. The highest BCUT2D eigenvalue weighted by Crippen LogP contribution is 2.19. The molecule has 1 atom stereocenters. The first-order valence-electron chi connectivity index (χ1n) is 5.63. The fraction of sp³-hybridized carbons (Fsp3) is 0.583. The van der Waals surface area contributed by atoms with Crippen molar-refractivity contribution in [1.29, 1.82) is 0 Å². The summed E-state index contributed by atoms with van der Waals surface area (Å²) in [6.45, 7) is 2.54. The van der Waals surface area contributed by atoms with Crippen LogP contribution in [-0.4, -0.2) is 17.7 Å². The summed E-state index contributed by atoms with van der Waals surface area (Å²) in [6.07, 6.45) is 3.14. The number of esters is 1. The van der Waals surface area contributed by atoms with Crippen LogP contribution in [0.25, 0.3) is 0 Å². The van der Waals surface area contributed by atoms with Crippen LogP contribution in [0, 0.1) is 0 Å². The van der Waals surface area contributed by atoms with Crippen LogP contribution < -0.4 is 0 Å². The van der Waals surface area contributed by atoms with Crippen LogP contribution in [0.5, 0.6) is 0 Å². The average Bonchev–Trinajstić information content (AvgIpc) is 2.81. The lowest BCUT2D eigenvalue weighted by atomic mass is 10.2. The van der Waals surface area contributed by atoms with Crippen LogP contribution >= 0.6 is 11.3 Å². The van der Waals surface area contributed by atoms with E-state index in [1.807, 2.05) is 5.38 Å². The van der Waals surface area contributed by atoms with Crippen molar-refractivity contribution >= 4 is 17.3 Å². The normalized spacial score (nSPS) is 12.4. The van der Waals surface area contributed by atoms with Gasteiger partial charge in [0.15, 0.2) is 6.10 Å². The lowest BCUT2D eigenvalue weighted by molar-refractivity contribution is -0.153.